The number of hydrogen-bond acceptors (Lipinski definition) is 3. The quantitative estimate of drug-likeness (QED) is 0.780. The van der Waals surface area contributed by atoms with E-state index in [2.05, 4.69) is 43.7 Å². The lowest BCUT2D eigenvalue weighted by molar-refractivity contribution is 0.0938. The van der Waals surface area contributed by atoms with Gasteiger partial charge in [-0.1, -0.05) is 22.0 Å². The molecule has 1 fully saturated rings. The molecule has 1 amide bonds. The fourth-order valence-electron chi connectivity index (χ4n) is 2.84. The van der Waals surface area contributed by atoms with Crippen molar-refractivity contribution in [1.82, 2.24) is 10.2 Å². The summed E-state index contributed by atoms with van der Waals surface area (Å²) in [5.74, 6) is -0.00625. The van der Waals surface area contributed by atoms with Gasteiger partial charge in [0.25, 0.3) is 5.91 Å². The molecule has 1 N–H and O–H groups in total. The predicted molar refractivity (Wildman–Crippen MR) is 102 cm³/mol. The summed E-state index contributed by atoms with van der Waals surface area (Å²) in [7, 11) is 0. The van der Waals surface area contributed by atoms with E-state index in [9.17, 15) is 4.79 Å². The van der Waals surface area contributed by atoms with Crippen LogP contribution in [-0.4, -0.2) is 30.4 Å². The number of benzene rings is 1. The van der Waals surface area contributed by atoms with Crippen LogP contribution in [0.1, 0.15) is 34.1 Å². The van der Waals surface area contributed by atoms with Gasteiger partial charge in [0.05, 0.1) is 6.04 Å². The third-order valence-corrected chi connectivity index (χ3v) is 5.52. The van der Waals surface area contributed by atoms with Crippen LogP contribution in [0.3, 0.4) is 0 Å². The number of carbonyl (C=O) groups is 1. The number of carbonyl (C=O) groups excluding carboxylic acids is 1. The Labute approximate surface area is 155 Å². The highest BCUT2D eigenvalue weighted by Gasteiger charge is 2.24. The SMILES string of the molecule is Cl.O=C(NCC(c1cccs1)N1CCCC1)c1ccc(Br)cc1. The van der Waals surface area contributed by atoms with Crippen LogP contribution < -0.4 is 5.32 Å². The second-order valence-corrected chi connectivity index (χ2v) is 7.39. The summed E-state index contributed by atoms with van der Waals surface area (Å²) in [5, 5.41) is 5.20. The van der Waals surface area contributed by atoms with Crippen LogP contribution in [0.4, 0.5) is 0 Å². The molecule has 1 aromatic carbocycles. The smallest absolute Gasteiger partial charge is 0.251 e. The molecule has 1 aromatic heterocycles. The Bertz CT molecular complexity index is 612. The second kappa shape index (κ2) is 8.83. The Morgan fingerprint density at radius 2 is 1.91 bits per heavy atom. The van der Waals surface area contributed by atoms with Crippen LogP contribution in [0.15, 0.2) is 46.3 Å². The van der Waals surface area contributed by atoms with Gasteiger partial charge < -0.3 is 5.32 Å². The zero-order chi connectivity index (χ0) is 15.4. The van der Waals surface area contributed by atoms with E-state index in [1.807, 2.05) is 24.3 Å². The molecule has 23 heavy (non-hydrogen) atoms. The lowest BCUT2D eigenvalue weighted by Crippen LogP contribution is -2.36. The first kappa shape index (κ1) is 18.5. The van der Waals surface area contributed by atoms with Gasteiger partial charge in [-0.2, -0.15) is 0 Å². The van der Waals surface area contributed by atoms with Gasteiger partial charge in [0, 0.05) is 21.5 Å². The number of rotatable bonds is 5. The molecule has 6 heteroatoms. The van der Waals surface area contributed by atoms with Gasteiger partial charge in [-0.25, -0.2) is 0 Å². The van der Waals surface area contributed by atoms with Crippen molar-refractivity contribution in [2.75, 3.05) is 19.6 Å². The Balaban J connectivity index is 0.00000192. The average Bonchev–Trinajstić information content (AvgIpc) is 3.22. The maximum atomic E-state index is 12.3. The number of halogens is 2. The molecule has 1 aliphatic heterocycles. The molecule has 3 nitrogen and oxygen atoms in total. The van der Waals surface area contributed by atoms with Crippen molar-refractivity contribution in [3.63, 3.8) is 0 Å². The summed E-state index contributed by atoms with van der Waals surface area (Å²) in [4.78, 5) is 16.1. The lowest BCUT2D eigenvalue weighted by Gasteiger charge is -2.26. The lowest BCUT2D eigenvalue weighted by atomic mass is 10.2. The van der Waals surface area contributed by atoms with Gasteiger partial charge in [0.2, 0.25) is 0 Å². The minimum absolute atomic E-state index is 0. The molecule has 0 aliphatic carbocycles. The first-order valence-corrected chi connectivity index (χ1v) is 9.22. The summed E-state index contributed by atoms with van der Waals surface area (Å²) in [6, 6.07) is 12.0. The van der Waals surface area contributed by atoms with E-state index in [4.69, 9.17) is 0 Å². The molecule has 2 heterocycles. The predicted octanol–water partition coefficient (Wildman–Crippen LogP) is 4.50. The van der Waals surface area contributed by atoms with Crippen molar-refractivity contribution >= 4 is 45.6 Å². The minimum Gasteiger partial charge on any atom is -0.350 e. The average molecular weight is 416 g/mol. The van der Waals surface area contributed by atoms with Crippen LogP contribution >= 0.6 is 39.7 Å². The third kappa shape index (κ3) is 4.80. The summed E-state index contributed by atoms with van der Waals surface area (Å²) in [6.45, 7) is 2.91. The Hall–Kier alpha value is -0.880. The molecule has 1 aliphatic rings. The Kier molecular flexibility index (Phi) is 7.09. The third-order valence-electron chi connectivity index (χ3n) is 4.02. The van der Waals surface area contributed by atoms with Gasteiger partial charge in [-0.3, -0.25) is 9.69 Å². The zero-order valence-electron chi connectivity index (χ0n) is 12.7. The highest BCUT2D eigenvalue weighted by Crippen LogP contribution is 2.27. The van der Waals surface area contributed by atoms with Crippen molar-refractivity contribution in [3.8, 4) is 0 Å². The fourth-order valence-corrected chi connectivity index (χ4v) is 3.96. The Morgan fingerprint density at radius 1 is 1.22 bits per heavy atom. The van der Waals surface area contributed by atoms with E-state index in [0.717, 1.165) is 17.6 Å². The van der Waals surface area contributed by atoms with E-state index in [0.29, 0.717) is 18.2 Å². The van der Waals surface area contributed by atoms with Gasteiger partial charge in [0.1, 0.15) is 0 Å². The van der Waals surface area contributed by atoms with E-state index < -0.39 is 0 Å². The summed E-state index contributed by atoms with van der Waals surface area (Å²) in [5.41, 5.74) is 0.703. The fraction of sp³-hybridized carbons (Fsp3) is 0.353. The number of amides is 1. The number of thiophene rings is 1. The van der Waals surface area contributed by atoms with Crippen molar-refractivity contribution in [1.29, 1.82) is 0 Å². The molecule has 0 saturated carbocycles. The molecule has 0 spiro atoms. The van der Waals surface area contributed by atoms with E-state index in [1.54, 1.807) is 11.3 Å². The largest absolute Gasteiger partial charge is 0.350 e. The summed E-state index contributed by atoms with van der Waals surface area (Å²) < 4.78 is 0.984. The highest BCUT2D eigenvalue weighted by atomic mass is 79.9. The molecular formula is C17H20BrClN2OS. The second-order valence-electron chi connectivity index (χ2n) is 5.49. The van der Waals surface area contributed by atoms with Gasteiger partial charge >= 0.3 is 0 Å². The number of nitrogens with zero attached hydrogens (tertiary/aromatic N) is 1. The van der Waals surface area contributed by atoms with Gasteiger partial charge in [-0.15, -0.1) is 23.7 Å². The molecular weight excluding hydrogens is 396 g/mol. The Morgan fingerprint density at radius 3 is 2.52 bits per heavy atom. The van der Waals surface area contributed by atoms with Crippen LogP contribution in [0.25, 0.3) is 0 Å². The van der Waals surface area contributed by atoms with Crippen molar-refractivity contribution in [3.05, 3.63) is 56.7 Å². The van der Waals surface area contributed by atoms with Crippen molar-refractivity contribution < 1.29 is 4.79 Å². The monoisotopic (exact) mass is 414 g/mol. The minimum atomic E-state index is -0.00625. The molecule has 1 unspecified atom stereocenters. The molecule has 0 radical (unpaired) electrons. The summed E-state index contributed by atoms with van der Waals surface area (Å²) >= 11 is 5.16. The highest BCUT2D eigenvalue weighted by molar-refractivity contribution is 9.10. The molecule has 1 saturated heterocycles. The molecule has 0 bridgehead atoms. The van der Waals surface area contributed by atoms with Crippen molar-refractivity contribution in [2.45, 2.75) is 18.9 Å². The van der Waals surface area contributed by atoms with Crippen LogP contribution in [0.2, 0.25) is 0 Å². The first-order chi connectivity index (χ1) is 10.7. The topological polar surface area (TPSA) is 32.3 Å². The molecule has 2 aromatic rings. The summed E-state index contributed by atoms with van der Waals surface area (Å²) in [6.07, 6.45) is 2.51. The van der Waals surface area contributed by atoms with E-state index in [1.165, 1.54) is 17.7 Å². The number of likely N-dealkylation sites (tertiary alicyclic amines) is 1. The zero-order valence-corrected chi connectivity index (χ0v) is 15.9. The van der Waals surface area contributed by atoms with Crippen LogP contribution in [-0.2, 0) is 0 Å². The van der Waals surface area contributed by atoms with Gasteiger partial charge in [-0.05, 0) is 61.6 Å². The maximum absolute atomic E-state index is 12.3. The van der Waals surface area contributed by atoms with E-state index >= 15 is 0 Å². The first-order valence-electron chi connectivity index (χ1n) is 7.55. The molecule has 3 rings (SSSR count). The number of hydrogen-bond donors (Lipinski definition) is 1. The van der Waals surface area contributed by atoms with E-state index in [-0.39, 0.29) is 18.3 Å². The molecule has 124 valence electrons. The normalized spacial score (nSPS) is 15.9. The van der Waals surface area contributed by atoms with Crippen molar-refractivity contribution in [2.24, 2.45) is 0 Å². The van der Waals surface area contributed by atoms with Gasteiger partial charge in [0.15, 0.2) is 0 Å². The molecule has 1 atom stereocenters. The number of nitrogens with one attached hydrogen (secondary N) is 1. The van der Waals surface area contributed by atoms with Crippen LogP contribution in [0, 0.1) is 0 Å². The van der Waals surface area contributed by atoms with Crippen LogP contribution in [0.5, 0.6) is 0 Å². The maximum Gasteiger partial charge on any atom is 0.251 e. The standard InChI is InChI=1S/C17H19BrN2OS.ClH/c18-14-7-5-13(6-8-14)17(21)19-12-15(16-4-3-11-22-16)20-9-1-2-10-20;/h3-8,11,15H,1-2,9-10,12H2,(H,19,21);1H.